The first-order valence-electron chi connectivity index (χ1n) is 3.20. The lowest BCUT2D eigenvalue weighted by molar-refractivity contribution is 0.735. The zero-order valence-electron chi connectivity index (χ0n) is 5.91. The Morgan fingerprint density at radius 3 is 2.90 bits per heavy atom. The molecule has 1 aromatic rings. The molecule has 2 N–H and O–H groups in total. The molecule has 3 nitrogen and oxygen atoms in total. The second-order valence-corrected chi connectivity index (χ2v) is 2.32. The highest BCUT2D eigenvalue weighted by molar-refractivity contribution is 7.79. The molecule has 4 heteroatoms. The van der Waals surface area contributed by atoms with Gasteiger partial charge < -0.3 is 10.3 Å². The van der Waals surface area contributed by atoms with Crippen molar-refractivity contribution >= 4 is 18.4 Å². The van der Waals surface area contributed by atoms with Gasteiger partial charge in [-0.15, -0.1) is 0 Å². The van der Waals surface area contributed by atoms with E-state index in [0.717, 1.165) is 12.4 Å². The lowest BCUT2D eigenvalue weighted by Gasteiger charge is -2.02. The van der Waals surface area contributed by atoms with Crippen LogP contribution in [0.4, 0.5) is 5.82 Å². The summed E-state index contributed by atoms with van der Waals surface area (Å²) in [6, 6.07) is 0. The lowest BCUT2D eigenvalue weighted by atomic mass is 10.6. The minimum absolute atomic E-state index is 0.644. The molecule has 0 aliphatic heterocycles. The summed E-state index contributed by atoms with van der Waals surface area (Å²) >= 11 is 4.11. The van der Waals surface area contributed by atoms with Crippen molar-refractivity contribution in [3.05, 3.63) is 12.0 Å². The molecule has 0 spiro atoms. The van der Waals surface area contributed by atoms with Crippen molar-refractivity contribution in [2.45, 2.75) is 19.2 Å². The fourth-order valence-corrected chi connectivity index (χ4v) is 1.17. The molecule has 0 fully saturated rings. The third kappa shape index (κ3) is 1.11. The summed E-state index contributed by atoms with van der Waals surface area (Å²) in [6.45, 7) is 2.90. The van der Waals surface area contributed by atoms with E-state index in [1.54, 1.807) is 6.20 Å². The number of nitrogens with two attached hydrogens (primary N) is 1. The zero-order valence-corrected chi connectivity index (χ0v) is 6.80. The van der Waals surface area contributed by atoms with Gasteiger partial charge in [-0.1, -0.05) is 0 Å². The Balaban J connectivity index is 3.01. The third-order valence-corrected chi connectivity index (χ3v) is 1.71. The lowest BCUT2D eigenvalue weighted by Crippen LogP contribution is -2.03. The van der Waals surface area contributed by atoms with Crippen LogP contribution in [-0.4, -0.2) is 9.55 Å². The molecule has 56 valence electrons. The van der Waals surface area contributed by atoms with E-state index in [1.165, 1.54) is 0 Å². The van der Waals surface area contributed by atoms with Gasteiger partial charge in [0.2, 0.25) is 0 Å². The third-order valence-electron chi connectivity index (χ3n) is 1.43. The Morgan fingerprint density at radius 1 is 1.80 bits per heavy atom. The van der Waals surface area contributed by atoms with Gasteiger partial charge in [-0.05, 0) is 6.92 Å². The van der Waals surface area contributed by atoms with Crippen LogP contribution in [0.2, 0.25) is 0 Å². The van der Waals surface area contributed by atoms with E-state index in [9.17, 15) is 0 Å². The molecule has 0 saturated carbocycles. The van der Waals surface area contributed by atoms with Crippen molar-refractivity contribution in [2.75, 3.05) is 5.73 Å². The van der Waals surface area contributed by atoms with Crippen molar-refractivity contribution < 1.29 is 0 Å². The van der Waals surface area contributed by atoms with Crippen molar-refractivity contribution in [3.63, 3.8) is 0 Å². The van der Waals surface area contributed by atoms with Crippen LogP contribution in [0.25, 0.3) is 0 Å². The fourth-order valence-electron chi connectivity index (χ4n) is 0.920. The average molecular weight is 157 g/mol. The molecule has 10 heavy (non-hydrogen) atoms. The monoisotopic (exact) mass is 157 g/mol. The molecule has 0 saturated heterocycles. The number of nitrogens with zero attached hydrogens (tertiary/aromatic N) is 2. The minimum atomic E-state index is 0.644. The molecule has 1 rings (SSSR count). The van der Waals surface area contributed by atoms with Gasteiger partial charge in [-0.25, -0.2) is 4.98 Å². The van der Waals surface area contributed by atoms with Crippen molar-refractivity contribution in [1.82, 2.24) is 9.55 Å². The van der Waals surface area contributed by atoms with Crippen LogP contribution in [0.5, 0.6) is 0 Å². The summed E-state index contributed by atoms with van der Waals surface area (Å²) in [7, 11) is 0. The first kappa shape index (κ1) is 7.47. The normalized spacial score (nSPS) is 10.2. The molecular formula is C6H11N3S. The zero-order chi connectivity index (χ0) is 7.56. The summed E-state index contributed by atoms with van der Waals surface area (Å²) in [4.78, 5) is 4.07. The van der Waals surface area contributed by atoms with Crippen LogP contribution in [0.3, 0.4) is 0 Å². The molecule has 0 aliphatic carbocycles. The van der Waals surface area contributed by atoms with E-state index in [4.69, 9.17) is 5.73 Å². The Kier molecular flexibility index (Phi) is 2.21. The number of anilines is 1. The molecule has 1 heterocycles. The number of aromatic nitrogens is 2. The van der Waals surface area contributed by atoms with Crippen LogP contribution >= 0.6 is 12.6 Å². The van der Waals surface area contributed by atoms with Crippen molar-refractivity contribution in [3.8, 4) is 0 Å². The van der Waals surface area contributed by atoms with E-state index in [-0.39, 0.29) is 0 Å². The van der Waals surface area contributed by atoms with E-state index < -0.39 is 0 Å². The van der Waals surface area contributed by atoms with Gasteiger partial charge in [0.05, 0.1) is 6.20 Å². The maximum atomic E-state index is 5.59. The predicted molar refractivity (Wildman–Crippen MR) is 45.0 cm³/mol. The summed E-state index contributed by atoms with van der Waals surface area (Å²) in [5.41, 5.74) is 5.59. The quantitative estimate of drug-likeness (QED) is 0.627. The number of hydrogen-bond acceptors (Lipinski definition) is 3. The van der Waals surface area contributed by atoms with Crippen LogP contribution in [-0.2, 0) is 12.3 Å². The molecule has 0 bridgehead atoms. The molecule has 0 aromatic carbocycles. The van der Waals surface area contributed by atoms with Crippen molar-refractivity contribution in [2.24, 2.45) is 0 Å². The highest BCUT2D eigenvalue weighted by Crippen LogP contribution is 2.08. The number of nitrogen functional groups attached to an aromatic ring is 1. The highest BCUT2D eigenvalue weighted by Gasteiger charge is 2.01. The molecule has 0 radical (unpaired) electrons. The highest BCUT2D eigenvalue weighted by atomic mass is 32.1. The Hall–Kier alpha value is -0.640. The van der Waals surface area contributed by atoms with Crippen LogP contribution in [0.1, 0.15) is 12.7 Å². The maximum Gasteiger partial charge on any atom is 0.123 e. The first-order chi connectivity index (χ1) is 4.79. The van der Waals surface area contributed by atoms with Gasteiger partial charge in [0.1, 0.15) is 11.6 Å². The van der Waals surface area contributed by atoms with Crippen LogP contribution in [0, 0.1) is 0 Å². The minimum Gasteiger partial charge on any atom is -0.384 e. The molecular weight excluding hydrogens is 146 g/mol. The van der Waals surface area contributed by atoms with Gasteiger partial charge in [0.15, 0.2) is 0 Å². The Bertz CT molecular complexity index is 219. The summed E-state index contributed by atoms with van der Waals surface area (Å²) in [5.74, 6) is 2.29. The summed E-state index contributed by atoms with van der Waals surface area (Å²) < 4.78 is 1.94. The smallest absolute Gasteiger partial charge is 0.123 e. The van der Waals surface area contributed by atoms with Crippen LogP contribution < -0.4 is 5.73 Å². The largest absolute Gasteiger partial charge is 0.384 e. The topological polar surface area (TPSA) is 43.8 Å². The van der Waals surface area contributed by atoms with Gasteiger partial charge in [-0.2, -0.15) is 12.6 Å². The van der Waals surface area contributed by atoms with E-state index in [0.29, 0.717) is 11.6 Å². The number of rotatable bonds is 2. The Morgan fingerprint density at radius 2 is 2.50 bits per heavy atom. The second kappa shape index (κ2) is 2.96. The molecule has 0 amide bonds. The van der Waals surface area contributed by atoms with E-state index in [2.05, 4.69) is 17.6 Å². The second-order valence-electron chi connectivity index (χ2n) is 2.00. The van der Waals surface area contributed by atoms with Crippen molar-refractivity contribution in [1.29, 1.82) is 0 Å². The molecule has 0 unspecified atom stereocenters. The van der Waals surface area contributed by atoms with Gasteiger partial charge in [-0.3, -0.25) is 0 Å². The number of hydrogen-bond donors (Lipinski definition) is 2. The summed E-state index contributed by atoms with van der Waals surface area (Å²) in [5, 5.41) is 0. The van der Waals surface area contributed by atoms with Gasteiger partial charge >= 0.3 is 0 Å². The SMILES string of the molecule is CCn1c(N)cnc1CS. The standard InChI is InChI=1S/C6H11N3S/c1-2-9-5(7)3-8-6(9)4-10/h3,10H,2,4,7H2,1H3. The molecule has 0 atom stereocenters. The van der Waals surface area contributed by atoms with E-state index in [1.807, 2.05) is 11.5 Å². The van der Waals surface area contributed by atoms with Gasteiger partial charge in [0, 0.05) is 12.3 Å². The average Bonchev–Trinajstić information content (AvgIpc) is 2.30. The summed E-state index contributed by atoms with van der Waals surface area (Å²) in [6.07, 6.45) is 1.66. The maximum absolute atomic E-state index is 5.59. The van der Waals surface area contributed by atoms with E-state index >= 15 is 0 Å². The molecule has 1 aromatic heterocycles. The predicted octanol–water partition coefficient (Wildman–Crippen LogP) is 0.915. The number of thiol groups is 1. The fraction of sp³-hybridized carbons (Fsp3) is 0.500. The number of imidazole rings is 1. The molecule has 0 aliphatic rings. The van der Waals surface area contributed by atoms with Gasteiger partial charge in [0.25, 0.3) is 0 Å². The Labute approximate surface area is 65.7 Å². The van der Waals surface area contributed by atoms with Crippen LogP contribution in [0.15, 0.2) is 6.20 Å². The first-order valence-corrected chi connectivity index (χ1v) is 3.83.